The second-order valence-electron chi connectivity index (χ2n) is 6.83. The van der Waals surface area contributed by atoms with Crippen LogP contribution >= 0.6 is 0 Å². The fourth-order valence-electron chi connectivity index (χ4n) is 3.27. The maximum atomic E-state index is 4.78. The Kier molecular flexibility index (Phi) is 4.82. The SMILES string of the molecule is Cc1ccc(CNc2nc(-c3ccccc3)cc(N3CCCC3)n2)cc1. The van der Waals surface area contributed by atoms with Crippen molar-refractivity contribution in [1.82, 2.24) is 9.97 Å². The van der Waals surface area contributed by atoms with Gasteiger partial charge in [0.1, 0.15) is 5.82 Å². The van der Waals surface area contributed by atoms with Crippen molar-refractivity contribution in [2.24, 2.45) is 0 Å². The summed E-state index contributed by atoms with van der Waals surface area (Å²) in [5.41, 5.74) is 4.59. The normalized spacial score (nSPS) is 13.8. The molecule has 0 saturated carbocycles. The van der Waals surface area contributed by atoms with E-state index in [4.69, 9.17) is 9.97 Å². The number of aryl methyl sites for hydroxylation is 1. The summed E-state index contributed by atoms with van der Waals surface area (Å²) < 4.78 is 0. The maximum Gasteiger partial charge on any atom is 0.225 e. The van der Waals surface area contributed by atoms with Crippen LogP contribution in [0.4, 0.5) is 11.8 Å². The second-order valence-corrected chi connectivity index (χ2v) is 6.83. The van der Waals surface area contributed by atoms with Crippen molar-refractivity contribution >= 4 is 11.8 Å². The Morgan fingerprint density at radius 2 is 1.65 bits per heavy atom. The van der Waals surface area contributed by atoms with Crippen LogP contribution in [0.1, 0.15) is 24.0 Å². The van der Waals surface area contributed by atoms with Crippen molar-refractivity contribution in [2.45, 2.75) is 26.3 Å². The highest BCUT2D eigenvalue weighted by Gasteiger charge is 2.16. The molecule has 1 saturated heterocycles. The molecule has 3 aromatic rings. The molecule has 0 spiro atoms. The summed E-state index contributed by atoms with van der Waals surface area (Å²) in [6.45, 7) is 4.97. The molecular weight excluding hydrogens is 320 g/mol. The predicted octanol–water partition coefficient (Wildman–Crippen LogP) is 4.66. The molecule has 26 heavy (non-hydrogen) atoms. The lowest BCUT2D eigenvalue weighted by atomic mass is 10.1. The summed E-state index contributed by atoms with van der Waals surface area (Å²) in [5, 5.41) is 3.41. The molecule has 0 unspecified atom stereocenters. The monoisotopic (exact) mass is 344 g/mol. The molecule has 0 amide bonds. The second kappa shape index (κ2) is 7.56. The van der Waals surface area contributed by atoms with Gasteiger partial charge in [0.25, 0.3) is 0 Å². The Labute approximate surface area is 154 Å². The Morgan fingerprint density at radius 3 is 2.38 bits per heavy atom. The van der Waals surface area contributed by atoms with Gasteiger partial charge in [-0.1, -0.05) is 60.2 Å². The zero-order valence-electron chi connectivity index (χ0n) is 15.2. The van der Waals surface area contributed by atoms with Gasteiger partial charge in [-0.05, 0) is 25.3 Å². The molecule has 2 heterocycles. The molecule has 0 bridgehead atoms. The number of hydrogen-bond acceptors (Lipinski definition) is 4. The Balaban J connectivity index is 1.61. The van der Waals surface area contributed by atoms with Crippen LogP contribution in [0.5, 0.6) is 0 Å². The Morgan fingerprint density at radius 1 is 0.923 bits per heavy atom. The van der Waals surface area contributed by atoms with Crippen LogP contribution in [0.2, 0.25) is 0 Å². The molecule has 0 aliphatic carbocycles. The molecule has 1 aliphatic rings. The first-order chi connectivity index (χ1) is 12.8. The minimum absolute atomic E-state index is 0.689. The minimum Gasteiger partial charge on any atom is -0.356 e. The lowest BCUT2D eigenvalue weighted by Crippen LogP contribution is -2.20. The summed E-state index contributed by atoms with van der Waals surface area (Å²) in [6.07, 6.45) is 2.47. The highest BCUT2D eigenvalue weighted by atomic mass is 15.2. The van der Waals surface area contributed by atoms with E-state index in [9.17, 15) is 0 Å². The number of hydrogen-bond donors (Lipinski definition) is 1. The molecular formula is C22H24N4. The molecule has 1 N–H and O–H groups in total. The van der Waals surface area contributed by atoms with Crippen LogP contribution in [0.3, 0.4) is 0 Å². The van der Waals surface area contributed by atoms with Gasteiger partial charge in [-0.15, -0.1) is 0 Å². The van der Waals surface area contributed by atoms with Gasteiger partial charge < -0.3 is 10.2 Å². The van der Waals surface area contributed by atoms with Gasteiger partial charge in [-0.25, -0.2) is 4.98 Å². The van der Waals surface area contributed by atoms with Crippen molar-refractivity contribution in [3.8, 4) is 11.3 Å². The van der Waals surface area contributed by atoms with Crippen molar-refractivity contribution in [2.75, 3.05) is 23.3 Å². The summed E-state index contributed by atoms with van der Waals surface area (Å²) in [6, 6.07) is 21.0. The van der Waals surface area contributed by atoms with Gasteiger partial charge in [-0.2, -0.15) is 4.98 Å². The molecule has 4 heteroatoms. The molecule has 1 aromatic heterocycles. The third-order valence-electron chi connectivity index (χ3n) is 4.78. The van der Waals surface area contributed by atoms with Gasteiger partial charge in [0.2, 0.25) is 5.95 Å². The van der Waals surface area contributed by atoms with Crippen molar-refractivity contribution < 1.29 is 0 Å². The molecule has 0 atom stereocenters. The van der Waals surface area contributed by atoms with Crippen molar-refractivity contribution in [3.63, 3.8) is 0 Å². The standard InChI is InChI=1S/C22H24N4/c1-17-9-11-18(12-10-17)16-23-22-24-20(19-7-3-2-4-8-19)15-21(25-22)26-13-5-6-14-26/h2-4,7-12,15H,5-6,13-14,16H2,1H3,(H,23,24,25). The predicted molar refractivity (Wildman–Crippen MR) is 107 cm³/mol. The topological polar surface area (TPSA) is 41.1 Å². The highest BCUT2D eigenvalue weighted by molar-refractivity contribution is 5.65. The quantitative estimate of drug-likeness (QED) is 0.730. The zero-order valence-corrected chi connectivity index (χ0v) is 15.2. The lowest BCUT2D eigenvalue weighted by molar-refractivity contribution is 0.924. The van der Waals surface area contributed by atoms with Gasteiger partial charge in [-0.3, -0.25) is 0 Å². The van der Waals surface area contributed by atoms with Gasteiger partial charge >= 0.3 is 0 Å². The highest BCUT2D eigenvalue weighted by Crippen LogP contribution is 2.25. The Hall–Kier alpha value is -2.88. The van der Waals surface area contributed by atoms with E-state index in [2.05, 4.69) is 59.6 Å². The fourth-order valence-corrected chi connectivity index (χ4v) is 3.27. The molecule has 132 valence electrons. The van der Waals surface area contributed by atoms with Crippen LogP contribution in [-0.4, -0.2) is 23.1 Å². The van der Waals surface area contributed by atoms with E-state index in [1.165, 1.54) is 24.0 Å². The van der Waals surface area contributed by atoms with Crippen molar-refractivity contribution in [3.05, 3.63) is 71.8 Å². The average molecular weight is 344 g/mol. The van der Waals surface area contributed by atoms with Gasteiger partial charge in [0, 0.05) is 31.3 Å². The minimum atomic E-state index is 0.689. The molecule has 4 nitrogen and oxygen atoms in total. The van der Waals surface area contributed by atoms with E-state index >= 15 is 0 Å². The summed E-state index contributed by atoms with van der Waals surface area (Å²) in [7, 11) is 0. The zero-order chi connectivity index (χ0) is 17.8. The number of aromatic nitrogens is 2. The molecule has 0 radical (unpaired) electrons. The molecule has 1 fully saturated rings. The molecule has 2 aromatic carbocycles. The van der Waals surface area contributed by atoms with E-state index in [1.807, 2.05) is 18.2 Å². The van der Waals surface area contributed by atoms with Crippen LogP contribution in [0.25, 0.3) is 11.3 Å². The number of anilines is 2. The van der Waals surface area contributed by atoms with Gasteiger partial charge in [0.15, 0.2) is 0 Å². The Bertz CT molecular complexity index is 853. The van der Waals surface area contributed by atoms with Crippen LogP contribution in [0.15, 0.2) is 60.7 Å². The van der Waals surface area contributed by atoms with E-state index in [0.29, 0.717) is 5.95 Å². The first-order valence-corrected chi connectivity index (χ1v) is 9.27. The smallest absolute Gasteiger partial charge is 0.225 e. The summed E-state index contributed by atoms with van der Waals surface area (Å²) in [5.74, 6) is 1.71. The third-order valence-corrected chi connectivity index (χ3v) is 4.78. The van der Waals surface area contributed by atoms with Crippen LogP contribution in [0, 0.1) is 6.92 Å². The number of benzene rings is 2. The summed E-state index contributed by atoms with van der Waals surface area (Å²) >= 11 is 0. The number of nitrogens with one attached hydrogen (secondary N) is 1. The largest absolute Gasteiger partial charge is 0.356 e. The molecule has 4 rings (SSSR count). The van der Waals surface area contributed by atoms with E-state index in [-0.39, 0.29) is 0 Å². The van der Waals surface area contributed by atoms with Gasteiger partial charge in [0.05, 0.1) is 5.69 Å². The van der Waals surface area contributed by atoms with Crippen molar-refractivity contribution in [1.29, 1.82) is 0 Å². The van der Waals surface area contributed by atoms with Crippen LogP contribution < -0.4 is 10.2 Å². The van der Waals surface area contributed by atoms with E-state index in [0.717, 1.165) is 36.7 Å². The van der Waals surface area contributed by atoms with E-state index < -0.39 is 0 Å². The molecule has 1 aliphatic heterocycles. The fraction of sp³-hybridized carbons (Fsp3) is 0.273. The number of rotatable bonds is 5. The average Bonchev–Trinajstić information content (AvgIpc) is 3.23. The third kappa shape index (κ3) is 3.85. The maximum absolute atomic E-state index is 4.78. The first-order valence-electron chi connectivity index (χ1n) is 9.27. The number of nitrogens with zero attached hydrogens (tertiary/aromatic N) is 3. The first kappa shape index (κ1) is 16.6. The summed E-state index contributed by atoms with van der Waals surface area (Å²) in [4.78, 5) is 11.9. The van der Waals surface area contributed by atoms with Crippen LogP contribution in [-0.2, 0) is 6.54 Å². The van der Waals surface area contributed by atoms with E-state index in [1.54, 1.807) is 0 Å². The lowest BCUT2D eigenvalue weighted by Gasteiger charge is -2.18.